The van der Waals surface area contributed by atoms with Crippen LogP contribution in [0.1, 0.15) is 6.42 Å². The van der Waals surface area contributed by atoms with Gasteiger partial charge in [0.15, 0.2) is 0 Å². The minimum absolute atomic E-state index is 0.386. The minimum Gasteiger partial charge on any atom is -0.378 e. The molecular weight excluding hydrogens is 176 g/mol. The zero-order valence-electron chi connectivity index (χ0n) is 7.99. The van der Waals surface area contributed by atoms with Crippen LogP contribution >= 0.6 is 0 Å². The van der Waals surface area contributed by atoms with Gasteiger partial charge in [0.1, 0.15) is 0 Å². The molecule has 0 aliphatic carbocycles. The van der Waals surface area contributed by atoms with Crippen LogP contribution in [0.4, 0.5) is 0 Å². The average Bonchev–Trinajstić information content (AvgIpc) is 2.19. The van der Waals surface area contributed by atoms with Crippen LogP contribution in [0.5, 0.6) is 0 Å². The number of allylic oxidation sites excluding steroid dienone is 2. The fourth-order valence-corrected chi connectivity index (χ4v) is 1.28. The van der Waals surface area contributed by atoms with Gasteiger partial charge in [-0.05, 0) is 12.3 Å². The number of hydrogen-bond donors (Lipinski definition) is 2. The molecule has 0 radical (unpaired) electrons. The molecule has 14 heavy (non-hydrogen) atoms. The topological polar surface area (TPSA) is 55.1 Å². The summed E-state index contributed by atoms with van der Waals surface area (Å²) in [5.74, 6) is -0.476. The van der Waals surface area contributed by atoms with E-state index in [0.29, 0.717) is 12.0 Å². The third kappa shape index (κ3) is 2.13. The smallest absolute Gasteiger partial charge is 0.244 e. The number of primary amides is 1. The van der Waals surface area contributed by atoms with Crippen molar-refractivity contribution < 1.29 is 4.79 Å². The Bertz CT molecular complexity index is 328. The maximum absolute atomic E-state index is 10.8. The predicted molar refractivity (Wildman–Crippen MR) is 57.3 cm³/mol. The van der Waals surface area contributed by atoms with Crippen molar-refractivity contribution in [2.24, 2.45) is 5.73 Å². The lowest BCUT2D eigenvalue weighted by Crippen LogP contribution is -2.40. The molecule has 0 aromatic heterocycles. The van der Waals surface area contributed by atoms with E-state index < -0.39 is 11.4 Å². The molecular formula is C11H14N2O. The van der Waals surface area contributed by atoms with Crippen LogP contribution in [0.3, 0.4) is 0 Å². The van der Waals surface area contributed by atoms with Gasteiger partial charge in [-0.1, -0.05) is 24.8 Å². The minimum atomic E-state index is -0.476. The van der Waals surface area contributed by atoms with E-state index in [1.165, 1.54) is 0 Å². The number of nitrogens with two attached hydrogens (primary N) is 1. The van der Waals surface area contributed by atoms with Gasteiger partial charge in [-0.25, -0.2) is 0 Å². The third-order valence-corrected chi connectivity index (χ3v) is 2.17. The van der Waals surface area contributed by atoms with E-state index in [1.54, 1.807) is 12.3 Å². The van der Waals surface area contributed by atoms with Crippen molar-refractivity contribution in [1.82, 2.24) is 5.32 Å². The van der Waals surface area contributed by atoms with Crippen LogP contribution in [0.25, 0.3) is 0 Å². The monoisotopic (exact) mass is 190 g/mol. The van der Waals surface area contributed by atoms with Gasteiger partial charge in [0, 0.05) is 12.0 Å². The summed E-state index contributed by atoms with van der Waals surface area (Å²) in [5.41, 5.74) is 5.08. The zero-order chi connectivity index (χ0) is 10.6. The summed E-state index contributed by atoms with van der Waals surface area (Å²) in [7, 11) is 0. The lowest BCUT2D eigenvalue weighted by atomic mass is 9.89. The Kier molecular flexibility index (Phi) is 2.92. The quantitative estimate of drug-likeness (QED) is 0.513. The highest BCUT2D eigenvalue weighted by Crippen LogP contribution is 2.21. The van der Waals surface area contributed by atoms with Gasteiger partial charge in [-0.15, -0.1) is 6.58 Å². The van der Waals surface area contributed by atoms with Crippen LogP contribution < -0.4 is 11.1 Å². The highest BCUT2D eigenvalue weighted by molar-refractivity contribution is 5.91. The van der Waals surface area contributed by atoms with Crippen molar-refractivity contribution in [2.75, 3.05) is 0 Å². The molecule has 0 saturated carbocycles. The van der Waals surface area contributed by atoms with Gasteiger partial charge in [-0.3, -0.25) is 4.79 Å². The molecule has 1 aliphatic heterocycles. The fourth-order valence-electron chi connectivity index (χ4n) is 1.28. The molecule has 3 nitrogen and oxygen atoms in total. The molecule has 1 rings (SSSR count). The molecule has 1 amide bonds. The van der Waals surface area contributed by atoms with Crippen molar-refractivity contribution in [3.8, 4) is 0 Å². The Morgan fingerprint density at radius 1 is 1.57 bits per heavy atom. The third-order valence-electron chi connectivity index (χ3n) is 2.17. The molecule has 0 aromatic rings. The largest absolute Gasteiger partial charge is 0.378 e. The molecule has 1 unspecified atom stereocenters. The second-order valence-corrected chi connectivity index (χ2v) is 3.25. The Labute approximate surface area is 83.7 Å². The Morgan fingerprint density at radius 3 is 2.71 bits per heavy atom. The highest BCUT2D eigenvalue weighted by atomic mass is 16.1. The molecule has 3 N–H and O–H groups in total. The lowest BCUT2D eigenvalue weighted by molar-refractivity contribution is -0.114. The van der Waals surface area contributed by atoms with Gasteiger partial charge < -0.3 is 11.1 Å². The van der Waals surface area contributed by atoms with E-state index in [2.05, 4.69) is 18.5 Å². The summed E-state index contributed by atoms with van der Waals surface area (Å²) < 4.78 is 0. The number of amides is 1. The Balaban J connectivity index is 2.77. The van der Waals surface area contributed by atoms with Crippen LogP contribution in [0, 0.1) is 0 Å². The van der Waals surface area contributed by atoms with E-state index in [4.69, 9.17) is 5.73 Å². The van der Waals surface area contributed by atoms with Gasteiger partial charge >= 0.3 is 0 Å². The maximum Gasteiger partial charge on any atom is 0.244 e. The van der Waals surface area contributed by atoms with Gasteiger partial charge in [0.2, 0.25) is 5.91 Å². The molecule has 0 saturated heterocycles. The molecule has 0 aromatic carbocycles. The van der Waals surface area contributed by atoms with Crippen molar-refractivity contribution in [3.05, 3.63) is 49.2 Å². The number of dihydropyridines is 1. The summed E-state index contributed by atoms with van der Waals surface area (Å²) in [6, 6.07) is 0. The van der Waals surface area contributed by atoms with Crippen molar-refractivity contribution in [1.29, 1.82) is 0 Å². The second kappa shape index (κ2) is 3.96. The van der Waals surface area contributed by atoms with Crippen LogP contribution in [-0.4, -0.2) is 11.4 Å². The first-order chi connectivity index (χ1) is 6.59. The maximum atomic E-state index is 10.8. The standard InChI is InChI=1S/C11H14N2O/c1-3-11(6-4-5-7-13-11)8-9(2)10(12)14/h3-7,13H,1-2,8H2,(H2,12,14). The van der Waals surface area contributed by atoms with Gasteiger partial charge in [-0.2, -0.15) is 0 Å². The summed E-state index contributed by atoms with van der Waals surface area (Å²) in [4.78, 5) is 10.8. The fraction of sp³-hybridized carbons (Fsp3) is 0.182. The first-order valence-electron chi connectivity index (χ1n) is 4.33. The first kappa shape index (κ1) is 10.3. The summed E-state index contributed by atoms with van der Waals surface area (Å²) in [6.07, 6.45) is 9.67. The van der Waals surface area contributed by atoms with Crippen molar-refractivity contribution in [3.63, 3.8) is 0 Å². The van der Waals surface area contributed by atoms with Crippen LogP contribution in [0.15, 0.2) is 49.2 Å². The predicted octanol–water partition coefficient (Wildman–Crippen LogP) is 1.02. The van der Waals surface area contributed by atoms with Crippen LogP contribution in [-0.2, 0) is 4.79 Å². The molecule has 1 atom stereocenters. The zero-order valence-corrected chi connectivity index (χ0v) is 7.99. The molecule has 0 bridgehead atoms. The molecule has 1 aliphatic rings. The van der Waals surface area contributed by atoms with Crippen molar-refractivity contribution in [2.45, 2.75) is 12.0 Å². The van der Waals surface area contributed by atoms with E-state index in [9.17, 15) is 4.79 Å². The molecule has 0 spiro atoms. The van der Waals surface area contributed by atoms with E-state index in [0.717, 1.165) is 0 Å². The normalized spacial score (nSPS) is 24.0. The lowest BCUT2D eigenvalue weighted by Gasteiger charge is -2.29. The van der Waals surface area contributed by atoms with E-state index in [-0.39, 0.29) is 0 Å². The number of nitrogens with one attached hydrogen (secondary N) is 1. The number of carbonyl (C=O) groups is 1. The summed E-state index contributed by atoms with van der Waals surface area (Å²) >= 11 is 0. The number of hydrogen-bond acceptors (Lipinski definition) is 2. The summed E-state index contributed by atoms with van der Waals surface area (Å²) in [5, 5.41) is 3.11. The number of rotatable bonds is 4. The first-order valence-corrected chi connectivity index (χ1v) is 4.33. The molecule has 0 fully saturated rings. The van der Waals surface area contributed by atoms with E-state index in [1.807, 2.05) is 18.2 Å². The Hall–Kier alpha value is -1.77. The van der Waals surface area contributed by atoms with E-state index >= 15 is 0 Å². The van der Waals surface area contributed by atoms with Crippen molar-refractivity contribution >= 4 is 5.91 Å². The second-order valence-electron chi connectivity index (χ2n) is 3.25. The molecule has 74 valence electrons. The Morgan fingerprint density at radius 2 is 2.29 bits per heavy atom. The van der Waals surface area contributed by atoms with Crippen LogP contribution in [0.2, 0.25) is 0 Å². The highest BCUT2D eigenvalue weighted by Gasteiger charge is 2.25. The average molecular weight is 190 g/mol. The molecule has 1 heterocycles. The van der Waals surface area contributed by atoms with Gasteiger partial charge in [0.25, 0.3) is 0 Å². The number of carbonyl (C=O) groups excluding carboxylic acids is 1. The SMILES string of the molecule is C=CC1(CC(=C)C(N)=O)C=CC=CN1. The molecule has 3 heteroatoms. The van der Waals surface area contributed by atoms with Gasteiger partial charge in [0.05, 0.1) is 5.54 Å². The summed E-state index contributed by atoms with van der Waals surface area (Å²) in [6.45, 7) is 7.35.